The molecule has 23 heavy (non-hydrogen) atoms. The number of aromatic carboxylic acids is 1. The predicted octanol–water partition coefficient (Wildman–Crippen LogP) is 3.32. The molecule has 0 radical (unpaired) electrons. The first-order valence-corrected chi connectivity index (χ1v) is 7.53. The molecule has 1 fully saturated rings. The zero-order valence-corrected chi connectivity index (χ0v) is 12.5. The first-order chi connectivity index (χ1) is 10.9. The fourth-order valence-electron chi connectivity index (χ4n) is 2.85. The van der Waals surface area contributed by atoms with Gasteiger partial charge in [-0.2, -0.15) is 0 Å². The van der Waals surface area contributed by atoms with Crippen molar-refractivity contribution in [3.63, 3.8) is 0 Å². The molecule has 3 rings (SSSR count). The summed E-state index contributed by atoms with van der Waals surface area (Å²) in [5, 5.41) is 17.0. The molecule has 1 heterocycles. The van der Waals surface area contributed by atoms with Crippen molar-refractivity contribution >= 4 is 5.97 Å². The molecule has 122 valence electrons. The molecule has 0 spiro atoms. The molecule has 1 N–H and O–H groups in total. The van der Waals surface area contributed by atoms with Gasteiger partial charge in [0.15, 0.2) is 0 Å². The molecule has 0 aliphatic heterocycles. The van der Waals surface area contributed by atoms with E-state index < -0.39 is 11.9 Å². The third kappa shape index (κ3) is 3.72. The van der Waals surface area contributed by atoms with Crippen molar-refractivity contribution in [2.24, 2.45) is 0 Å². The van der Waals surface area contributed by atoms with E-state index in [-0.39, 0.29) is 24.3 Å². The van der Waals surface area contributed by atoms with Crippen LogP contribution in [0.5, 0.6) is 0 Å². The number of carboxylic acids is 1. The fraction of sp³-hybridized carbons (Fsp3) is 0.438. The van der Waals surface area contributed by atoms with Crippen LogP contribution >= 0.6 is 0 Å². The van der Waals surface area contributed by atoms with Crippen molar-refractivity contribution in [1.29, 1.82) is 0 Å². The van der Waals surface area contributed by atoms with Crippen LogP contribution in [0.15, 0.2) is 30.5 Å². The number of rotatable bonds is 4. The molecule has 0 amide bonds. The van der Waals surface area contributed by atoms with Gasteiger partial charge in [0.2, 0.25) is 5.92 Å². The van der Waals surface area contributed by atoms with Gasteiger partial charge in [-0.05, 0) is 30.5 Å². The minimum Gasteiger partial charge on any atom is -0.478 e. The maximum atomic E-state index is 13.2. The largest absolute Gasteiger partial charge is 0.478 e. The van der Waals surface area contributed by atoms with Crippen molar-refractivity contribution in [3.8, 4) is 0 Å². The van der Waals surface area contributed by atoms with Crippen LogP contribution in [0.2, 0.25) is 0 Å². The summed E-state index contributed by atoms with van der Waals surface area (Å²) in [4.78, 5) is 10.8. The zero-order valence-electron chi connectivity index (χ0n) is 12.5. The monoisotopic (exact) mass is 321 g/mol. The van der Waals surface area contributed by atoms with E-state index in [1.54, 1.807) is 35.1 Å². The lowest BCUT2D eigenvalue weighted by molar-refractivity contribution is -0.0385. The van der Waals surface area contributed by atoms with Gasteiger partial charge in [-0.3, -0.25) is 0 Å². The molecule has 0 unspecified atom stereocenters. The number of carboxylic acid groups (broad SMARTS) is 1. The molecular weight excluding hydrogens is 304 g/mol. The fourth-order valence-corrected chi connectivity index (χ4v) is 2.85. The lowest BCUT2D eigenvalue weighted by Crippen LogP contribution is -2.23. The van der Waals surface area contributed by atoms with Crippen LogP contribution in [0.4, 0.5) is 8.78 Å². The third-order valence-electron chi connectivity index (χ3n) is 4.24. The van der Waals surface area contributed by atoms with Gasteiger partial charge in [-0.25, -0.2) is 18.3 Å². The molecule has 2 aromatic rings. The Bertz CT molecular complexity index is 688. The van der Waals surface area contributed by atoms with Gasteiger partial charge >= 0.3 is 5.97 Å². The number of benzene rings is 1. The van der Waals surface area contributed by atoms with Crippen LogP contribution in [-0.2, 0) is 6.54 Å². The molecule has 7 heteroatoms. The van der Waals surface area contributed by atoms with Crippen molar-refractivity contribution in [2.45, 2.75) is 44.1 Å². The number of carbonyl (C=O) groups is 1. The van der Waals surface area contributed by atoms with E-state index in [0.717, 1.165) is 11.3 Å². The maximum Gasteiger partial charge on any atom is 0.335 e. The van der Waals surface area contributed by atoms with Gasteiger partial charge in [-0.15, -0.1) is 5.10 Å². The van der Waals surface area contributed by atoms with Gasteiger partial charge in [0, 0.05) is 25.0 Å². The molecule has 0 saturated heterocycles. The Hall–Kier alpha value is -2.31. The first-order valence-electron chi connectivity index (χ1n) is 7.53. The molecule has 5 nitrogen and oxygen atoms in total. The number of nitrogens with zero attached hydrogens (tertiary/aromatic N) is 3. The second-order valence-electron chi connectivity index (χ2n) is 5.97. The van der Waals surface area contributed by atoms with E-state index in [1.807, 2.05) is 0 Å². The molecule has 0 bridgehead atoms. The van der Waals surface area contributed by atoms with E-state index in [4.69, 9.17) is 5.11 Å². The van der Waals surface area contributed by atoms with Gasteiger partial charge in [-0.1, -0.05) is 17.3 Å². The second kappa shape index (κ2) is 6.06. The smallest absolute Gasteiger partial charge is 0.335 e. The van der Waals surface area contributed by atoms with E-state index >= 15 is 0 Å². The molecule has 1 aliphatic rings. The molecule has 0 atom stereocenters. The quantitative estimate of drug-likeness (QED) is 0.938. The third-order valence-corrected chi connectivity index (χ3v) is 4.24. The molecule has 1 saturated carbocycles. The minimum absolute atomic E-state index is 0.0396. The van der Waals surface area contributed by atoms with Crippen molar-refractivity contribution in [3.05, 3.63) is 47.3 Å². The Morgan fingerprint density at radius 2 is 1.91 bits per heavy atom. The number of aromatic nitrogens is 3. The van der Waals surface area contributed by atoms with Gasteiger partial charge < -0.3 is 5.11 Å². The van der Waals surface area contributed by atoms with Crippen molar-refractivity contribution in [1.82, 2.24) is 15.0 Å². The van der Waals surface area contributed by atoms with Crippen LogP contribution in [0.25, 0.3) is 0 Å². The Morgan fingerprint density at radius 3 is 2.52 bits per heavy atom. The molecule has 1 aromatic heterocycles. The van der Waals surface area contributed by atoms with E-state index in [2.05, 4.69) is 10.3 Å². The Morgan fingerprint density at radius 1 is 1.26 bits per heavy atom. The van der Waals surface area contributed by atoms with E-state index in [0.29, 0.717) is 19.4 Å². The lowest BCUT2D eigenvalue weighted by Gasteiger charge is -2.26. The zero-order chi connectivity index (χ0) is 16.4. The number of halogens is 2. The van der Waals surface area contributed by atoms with Crippen LogP contribution in [0, 0.1) is 0 Å². The Balaban J connectivity index is 1.64. The van der Waals surface area contributed by atoms with Crippen LogP contribution in [0.3, 0.4) is 0 Å². The topological polar surface area (TPSA) is 68.0 Å². The lowest BCUT2D eigenvalue weighted by atomic mass is 9.85. The van der Waals surface area contributed by atoms with Gasteiger partial charge in [0.05, 0.1) is 17.8 Å². The van der Waals surface area contributed by atoms with E-state index in [9.17, 15) is 13.6 Å². The average Bonchev–Trinajstić information content (AvgIpc) is 2.96. The normalized spacial score (nSPS) is 18.0. The van der Waals surface area contributed by atoms with Gasteiger partial charge in [0.25, 0.3) is 0 Å². The highest BCUT2D eigenvalue weighted by molar-refractivity contribution is 5.87. The first kappa shape index (κ1) is 15.6. The summed E-state index contributed by atoms with van der Waals surface area (Å²) < 4.78 is 28.0. The molecule has 1 aromatic carbocycles. The van der Waals surface area contributed by atoms with Crippen molar-refractivity contribution < 1.29 is 18.7 Å². The minimum atomic E-state index is -2.54. The summed E-state index contributed by atoms with van der Waals surface area (Å²) in [5.41, 5.74) is 1.89. The van der Waals surface area contributed by atoms with Crippen LogP contribution < -0.4 is 0 Å². The number of hydrogen-bond donors (Lipinski definition) is 1. The Labute approximate surface area is 131 Å². The predicted molar refractivity (Wildman–Crippen MR) is 78.7 cm³/mol. The number of alkyl halides is 2. The van der Waals surface area contributed by atoms with Crippen LogP contribution in [-0.4, -0.2) is 32.0 Å². The SMILES string of the molecule is O=C(O)c1ccc(Cn2cc(C3CCC(F)(F)CC3)nn2)cc1. The van der Waals surface area contributed by atoms with Crippen LogP contribution in [0.1, 0.15) is 53.2 Å². The molecular formula is C16H17F2N3O2. The standard InChI is InChI=1S/C16H17F2N3O2/c17-16(18)7-5-12(6-8-16)14-10-21(20-19-14)9-11-1-3-13(4-2-11)15(22)23/h1-4,10,12H,5-9H2,(H,22,23). The summed E-state index contributed by atoms with van der Waals surface area (Å²) in [7, 11) is 0. The van der Waals surface area contributed by atoms with E-state index in [1.165, 1.54) is 0 Å². The summed E-state index contributed by atoms with van der Waals surface area (Å²) in [6.45, 7) is 0.468. The Kier molecular flexibility index (Phi) is 4.11. The summed E-state index contributed by atoms with van der Waals surface area (Å²) in [6.07, 6.45) is 2.46. The van der Waals surface area contributed by atoms with Gasteiger partial charge in [0.1, 0.15) is 0 Å². The summed E-state index contributed by atoms with van der Waals surface area (Å²) in [5.74, 6) is -3.47. The van der Waals surface area contributed by atoms with Crippen molar-refractivity contribution in [2.75, 3.05) is 0 Å². The average molecular weight is 321 g/mol. The highest BCUT2D eigenvalue weighted by Gasteiger charge is 2.36. The number of hydrogen-bond acceptors (Lipinski definition) is 3. The summed E-state index contributed by atoms with van der Waals surface area (Å²) >= 11 is 0. The summed E-state index contributed by atoms with van der Waals surface area (Å²) in [6, 6.07) is 6.54. The maximum absolute atomic E-state index is 13.2. The highest BCUT2D eigenvalue weighted by atomic mass is 19.3. The second-order valence-corrected chi connectivity index (χ2v) is 5.97. The highest BCUT2D eigenvalue weighted by Crippen LogP contribution is 2.40. The molecule has 1 aliphatic carbocycles.